The van der Waals surface area contributed by atoms with Gasteiger partial charge in [-0.2, -0.15) is 4.31 Å². The van der Waals surface area contributed by atoms with E-state index in [2.05, 4.69) is 16.0 Å². The van der Waals surface area contributed by atoms with Crippen LogP contribution < -0.4 is 25.4 Å². The number of nitrogens with one attached hydrogen (secondary N) is 4. The average Bonchev–Trinajstić information content (AvgIpc) is 3.56. The van der Waals surface area contributed by atoms with Gasteiger partial charge in [0.05, 0.1) is 32.6 Å². The zero-order chi connectivity index (χ0) is 34.1. The second-order valence-corrected chi connectivity index (χ2v) is 13.9. The molecule has 256 valence electrons. The van der Waals surface area contributed by atoms with Crippen LogP contribution in [0.2, 0.25) is 0 Å². The van der Waals surface area contributed by atoms with Crippen LogP contribution in [0.1, 0.15) is 62.5 Å². The highest BCUT2D eigenvalue weighted by Crippen LogP contribution is 2.31. The summed E-state index contributed by atoms with van der Waals surface area (Å²) in [5, 5.41) is 16.8. The molecule has 14 heteroatoms. The number of methoxy groups -OCH3 is 3. The van der Waals surface area contributed by atoms with Gasteiger partial charge in [0.25, 0.3) is 0 Å². The number of hydrogen-bond acceptors (Lipinski definition) is 9. The zero-order valence-corrected chi connectivity index (χ0v) is 28.2. The van der Waals surface area contributed by atoms with Gasteiger partial charge in [-0.15, -0.1) is 0 Å². The Bertz CT molecular complexity index is 1570. The molecule has 1 aliphatic carbocycles. The fourth-order valence-electron chi connectivity index (χ4n) is 6.21. The number of aryl methyl sites for hydroxylation is 1. The van der Waals surface area contributed by atoms with Crippen molar-refractivity contribution in [3.05, 3.63) is 47.5 Å². The molecule has 1 saturated carbocycles. The number of carbonyl (C=O) groups excluding carboxylic acids is 3. The number of hydrogen-bond donors (Lipinski definition) is 4. The summed E-state index contributed by atoms with van der Waals surface area (Å²) in [5.41, 5.74) is 1.59. The Morgan fingerprint density at radius 2 is 1.68 bits per heavy atom. The van der Waals surface area contributed by atoms with Crippen molar-refractivity contribution in [2.24, 2.45) is 5.92 Å². The SMILES string of the molecule is COC(=O)[C@@H]1CCCN1S(=O)(=O)c1ccc(C)c(NC(=O)[C@@H](CC2CCCCC2)NC(=N)NC(=O)Cc2ccc(OC)c(OC)c2)c1. The van der Waals surface area contributed by atoms with Gasteiger partial charge in [0, 0.05) is 12.2 Å². The van der Waals surface area contributed by atoms with Gasteiger partial charge < -0.3 is 24.8 Å². The number of esters is 1. The van der Waals surface area contributed by atoms with E-state index in [1.54, 1.807) is 31.2 Å². The number of anilines is 1. The van der Waals surface area contributed by atoms with Gasteiger partial charge in [-0.3, -0.25) is 25.1 Å². The molecule has 2 aromatic rings. The lowest BCUT2D eigenvalue weighted by Gasteiger charge is -2.27. The number of ether oxygens (including phenoxy) is 3. The zero-order valence-electron chi connectivity index (χ0n) is 27.4. The van der Waals surface area contributed by atoms with Gasteiger partial charge in [0.1, 0.15) is 12.1 Å². The van der Waals surface area contributed by atoms with Crippen molar-refractivity contribution < 1.29 is 37.0 Å². The minimum atomic E-state index is -4.06. The maximum absolute atomic E-state index is 13.7. The van der Waals surface area contributed by atoms with Crippen LogP contribution in [-0.4, -0.2) is 76.4 Å². The van der Waals surface area contributed by atoms with Crippen LogP contribution in [0.3, 0.4) is 0 Å². The third-order valence-electron chi connectivity index (χ3n) is 8.76. The molecule has 0 bridgehead atoms. The molecule has 2 amide bonds. The van der Waals surface area contributed by atoms with Crippen LogP contribution >= 0.6 is 0 Å². The van der Waals surface area contributed by atoms with E-state index in [1.165, 1.54) is 33.5 Å². The molecule has 0 aromatic heterocycles. The Labute approximate surface area is 276 Å². The van der Waals surface area contributed by atoms with Crippen molar-refractivity contribution in [1.82, 2.24) is 14.9 Å². The van der Waals surface area contributed by atoms with Crippen molar-refractivity contribution in [1.29, 1.82) is 5.41 Å². The molecule has 0 unspecified atom stereocenters. The van der Waals surface area contributed by atoms with E-state index in [0.717, 1.165) is 36.4 Å². The van der Waals surface area contributed by atoms with E-state index >= 15 is 0 Å². The third-order valence-corrected chi connectivity index (χ3v) is 10.7. The Kier molecular flexibility index (Phi) is 12.2. The van der Waals surface area contributed by atoms with E-state index < -0.39 is 39.9 Å². The van der Waals surface area contributed by atoms with E-state index in [9.17, 15) is 22.8 Å². The standard InChI is InChI=1S/C33H45N5O8S/c1-21-12-14-24(47(42,43)38-16-8-11-27(38)32(41)46-4)20-25(21)35-31(40)26(17-22-9-6-5-7-10-22)36-33(34)37-30(39)19-23-13-15-28(44-2)29(18-23)45-3/h12-15,18,20,22,26-27H,5-11,16-17,19H2,1-4H3,(H,35,40)(H3,34,36,37,39)/t26-,27+/m1/s1. The third kappa shape index (κ3) is 9.01. The van der Waals surface area contributed by atoms with Crippen LogP contribution in [0.25, 0.3) is 0 Å². The predicted octanol–water partition coefficient (Wildman–Crippen LogP) is 3.50. The molecular formula is C33H45N5O8S. The van der Waals surface area contributed by atoms with Crippen molar-refractivity contribution in [2.45, 2.75) is 81.7 Å². The minimum absolute atomic E-state index is 0.0295. The monoisotopic (exact) mass is 671 g/mol. The molecule has 13 nitrogen and oxygen atoms in total. The molecule has 1 saturated heterocycles. The second-order valence-electron chi connectivity index (χ2n) is 12.0. The molecular weight excluding hydrogens is 626 g/mol. The fraction of sp³-hybridized carbons (Fsp3) is 0.515. The smallest absolute Gasteiger partial charge is 0.324 e. The van der Waals surface area contributed by atoms with Crippen LogP contribution in [-0.2, 0) is 35.6 Å². The van der Waals surface area contributed by atoms with Crippen LogP contribution in [0.4, 0.5) is 5.69 Å². The van der Waals surface area contributed by atoms with Gasteiger partial charge in [0.2, 0.25) is 21.8 Å². The summed E-state index contributed by atoms with van der Waals surface area (Å²) in [6.45, 7) is 1.93. The Morgan fingerprint density at radius 3 is 2.36 bits per heavy atom. The second kappa shape index (κ2) is 16.1. The molecule has 2 aliphatic rings. The molecule has 1 heterocycles. The first-order valence-corrected chi connectivity index (χ1v) is 17.3. The summed E-state index contributed by atoms with van der Waals surface area (Å²) in [6, 6.07) is 7.79. The normalized spacial score (nSPS) is 17.7. The maximum atomic E-state index is 13.7. The number of guanidine groups is 1. The van der Waals surface area contributed by atoms with Crippen molar-refractivity contribution in [2.75, 3.05) is 33.2 Å². The maximum Gasteiger partial charge on any atom is 0.324 e. The summed E-state index contributed by atoms with van der Waals surface area (Å²) < 4.78 is 43.7. The molecule has 4 N–H and O–H groups in total. The van der Waals surface area contributed by atoms with Gasteiger partial charge in [-0.25, -0.2) is 8.42 Å². The number of sulfonamides is 1. The Balaban J connectivity index is 1.48. The van der Waals surface area contributed by atoms with Crippen LogP contribution in [0, 0.1) is 18.3 Å². The summed E-state index contributed by atoms with van der Waals surface area (Å²) >= 11 is 0. The van der Waals surface area contributed by atoms with E-state index in [-0.39, 0.29) is 29.7 Å². The lowest BCUT2D eigenvalue weighted by molar-refractivity contribution is -0.144. The van der Waals surface area contributed by atoms with Gasteiger partial charge >= 0.3 is 5.97 Å². The predicted molar refractivity (Wildman–Crippen MR) is 176 cm³/mol. The topological polar surface area (TPSA) is 176 Å². The largest absolute Gasteiger partial charge is 0.493 e. The highest BCUT2D eigenvalue weighted by atomic mass is 32.2. The molecule has 47 heavy (non-hydrogen) atoms. The summed E-state index contributed by atoms with van der Waals surface area (Å²) in [4.78, 5) is 38.8. The lowest BCUT2D eigenvalue weighted by atomic mass is 9.84. The summed E-state index contributed by atoms with van der Waals surface area (Å²) in [5.74, 6) is -0.578. The number of nitrogens with zero attached hydrogens (tertiary/aromatic N) is 1. The van der Waals surface area contributed by atoms with Gasteiger partial charge in [-0.1, -0.05) is 44.2 Å². The number of rotatable bonds is 12. The number of carbonyl (C=O) groups is 3. The van der Waals surface area contributed by atoms with Crippen LogP contribution in [0.15, 0.2) is 41.3 Å². The summed E-state index contributed by atoms with van der Waals surface area (Å²) in [6.07, 6.45) is 6.46. The lowest BCUT2D eigenvalue weighted by Crippen LogP contribution is -2.51. The van der Waals surface area contributed by atoms with Gasteiger partial charge in [-0.05, 0) is 67.5 Å². The van der Waals surface area contributed by atoms with Crippen LogP contribution in [0.5, 0.6) is 11.5 Å². The Hall–Kier alpha value is -4.17. The van der Waals surface area contributed by atoms with Crippen molar-refractivity contribution in [3.8, 4) is 11.5 Å². The van der Waals surface area contributed by atoms with Crippen molar-refractivity contribution >= 4 is 39.5 Å². The first kappa shape index (κ1) is 35.7. The van der Waals surface area contributed by atoms with Crippen molar-refractivity contribution in [3.63, 3.8) is 0 Å². The first-order valence-electron chi connectivity index (χ1n) is 15.8. The molecule has 2 atom stereocenters. The molecule has 2 aromatic carbocycles. The first-order chi connectivity index (χ1) is 22.5. The number of benzene rings is 2. The molecule has 0 spiro atoms. The molecule has 0 radical (unpaired) electrons. The number of amides is 2. The quantitative estimate of drug-likeness (QED) is 0.149. The molecule has 4 rings (SSSR count). The van der Waals surface area contributed by atoms with E-state index in [1.807, 2.05) is 0 Å². The minimum Gasteiger partial charge on any atom is -0.493 e. The molecule has 1 aliphatic heterocycles. The van der Waals surface area contributed by atoms with Gasteiger partial charge in [0.15, 0.2) is 17.5 Å². The highest BCUT2D eigenvalue weighted by molar-refractivity contribution is 7.89. The fourth-order valence-corrected chi connectivity index (χ4v) is 7.88. The Morgan fingerprint density at radius 1 is 0.957 bits per heavy atom. The highest BCUT2D eigenvalue weighted by Gasteiger charge is 2.40. The molecule has 2 fully saturated rings. The van der Waals surface area contributed by atoms with E-state index in [0.29, 0.717) is 47.6 Å². The van der Waals surface area contributed by atoms with E-state index in [4.69, 9.17) is 19.6 Å². The average molecular weight is 672 g/mol. The summed E-state index contributed by atoms with van der Waals surface area (Å²) in [7, 11) is 0.194.